The quantitative estimate of drug-likeness (QED) is 0.599. The third-order valence-corrected chi connectivity index (χ3v) is 3.73. The van der Waals surface area contributed by atoms with Crippen molar-refractivity contribution in [2.45, 2.75) is 49.6 Å². The van der Waals surface area contributed by atoms with Crippen molar-refractivity contribution in [3.05, 3.63) is 0 Å². The minimum absolute atomic E-state index is 0.0206. The van der Waals surface area contributed by atoms with Crippen LogP contribution < -0.4 is 5.32 Å². The number of thiocarbonyl (C=S) groups is 1. The van der Waals surface area contributed by atoms with Crippen LogP contribution in [0.2, 0.25) is 0 Å². The molecule has 112 valence electrons. The van der Waals surface area contributed by atoms with Crippen LogP contribution in [0.1, 0.15) is 32.1 Å². The Bertz CT molecular complexity index is 289. The summed E-state index contributed by atoms with van der Waals surface area (Å²) in [5, 5.41) is -0.747. The van der Waals surface area contributed by atoms with E-state index in [1.165, 1.54) is 6.42 Å². The maximum atomic E-state index is 13.2. The van der Waals surface area contributed by atoms with Gasteiger partial charge in [-0.05, 0) is 25.1 Å². The van der Waals surface area contributed by atoms with E-state index in [0.29, 0.717) is 0 Å². The van der Waals surface area contributed by atoms with Gasteiger partial charge in [-0.15, -0.1) is 0 Å². The average molecular weight is 317 g/mol. The molecule has 0 aromatic heterocycles. The van der Waals surface area contributed by atoms with Crippen molar-refractivity contribution in [2.24, 2.45) is 0 Å². The van der Waals surface area contributed by atoms with Gasteiger partial charge in [0.2, 0.25) is 6.17 Å². The molecule has 1 unspecified atom stereocenters. The number of hydrogen-bond donors (Lipinski definition) is 1. The molecule has 0 aliphatic heterocycles. The summed E-state index contributed by atoms with van der Waals surface area (Å²) in [5.74, 6) is 0. The van der Waals surface area contributed by atoms with E-state index < -0.39 is 18.0 Å². The van der Waals surface area contributed by atoms with Gasteiger partial charge in [-0.3, -0.25) is 0 Å². The Kier molecular flexibility index (Phi) is 7.23. The monoisotopic (exact) mass is 317 g/mol. The summed E-state index contributed by atoms with van der Waals surface area (Å²) in [6.45, 7) is -0.790. The molecule has 1 saturated carbocycles. The van der Waals surface area contributed by atoms with Crippen LogP contribution in [0.5, 0.6) is 0 Å². The normalized spacial score (nSPS) is 18.9. The lowest BCUT2D eigenvalue weighted by Crippen LogP contribution is -2.39. The smallest absolute Gasteiger partial charge is 0.351 e. The first-order valence-electron chi connectivity index (χ1n) is 6.12. The highest BCUT2D eigenvalue weighted by Crippen LogP contribution is 2.34. The van der Waals surface area contributed by atoms with Crippen molar-refractivity contribution < 1.29 is 22.1 Å². The largest absolute Gasteiger partial charge is 0.468 e. The lowest BCUT2D eigenvalue weighted by Gasteiger charge is -2.24. The van der Waals surface area contributed by atoms with Gasteiger partial charge in [0.15, 0.2) is 0 Å². The van der Waals surface area contributed by atoms with Crippen LogP contribution in [0.3, 0.4) is 0 Å². The molecule has 0 amide bonds. The minimum atomic E-state index is -3.64. The second kappa shape index (κ2) is 8.16. The van der Waals surface area contributed by atoms with Crippen LogP contribution >= 0.6 is 24.3 Å². The van der Waals surface area contributed by atoms with E-state index in [-0.39, 0.29) is 23.3 Å². The fourth-order valence-electron chi connectivity index (χ4n) is 1.86. The predicted molar refractivity (Wildman–Crippen MR) is 73.0 cm³/mol. The Morgan fingerprint density at radius 2 is 2.05 bits per heavy atom. The molecule has 3 nitrogen and oxygen atoms in total. The summed E-state index contributed by atoms with van der Waals surface area (Å²) in [6.07, 6.45) is 2.88. The van der Waals surface area contributed by atoms with Gasteiger partial charge in [-0.25, -0.2) is 4.39 Å². The molecular weight excluding hydrogens is 299 g/mol. The second-order valence-corrected chi connectivity index (χ2v) is 5.77. The van der Waals surface area contributed by atoms with E-state index in [4.69, 9.17) is 17.0 Å². The van der Waals surface area contributed by atoms with Gasteiger partial charge < -0.3 is 14.2 Å². The molecule has 0 radical (unpaired) electrons. The molecule has 1 fully saturated rings. The molecule has 0 spiro atoms. The second-order valence-electron chi connectivity index (χ2n) is 4.36. The zero-order chi connectivity index (χ0) is 14.3. The first kappa shape index (κ1) is 16.8. The maximum Gasteiger partial charge on any atom is 0.351 e. The average Bonchev–Trinajstić information content (AvgIpc) is 2.37. The van der Waals surface area contributed by atoms with Gasteiger partial charge in [-0.1, -0.05) is 19.3 Å². The van der Waals surface area contributed by atoms with Gasteiger partial charge in [0.05, 0.1) is 19.2 Å². The summed E-state index contributed by atoms with van der Waals surface area (Å²) < 4.78 is 48.3. The molecule has 0 aromatic carbocycles. The Morgan fingerprint density at radius 1 is 1.42 bits per heavy atom. The Labute approximate surface area is 120 Å². The number of ether oxygens (including phenoxy) is 1. The summed E-state index contributed by atoms with van der Waals surface area (Å²) in [4.78, 5) is 0. The number of hydrogen-bond acceptors (Lipinski definition) is 4. The predicted octanol–water partition coefficient (Wildman–Crippen LogP) is 3.44. The van der Waals surface area contributed by atoms with E-state index in [1.54, 1.807) is 0 Å². The van der Waals surface area contributed by atoms with Crippen LogP contribution in [0.4, 0.5) is 13.2 Å². The SMILES string of the molecule is COSC(F)(F)C(F)COC(=S)NC1CCCCC1. The molecule has 0 aromatic rings. The molecule has 1 aliphatic carbocycles. The molecule has 0 bridgehead atoms. The van der Waals surface area contributed by atoms with Crippen LogP contribution in [0.15, 0.2) is 0 Å². The number of nitrogens with one attached hydrogen (secondary N) is 1. The molecule has 0 saturated heterocycles. The minimum Gasteiger partial charge on any atom is -0.468 e. The lowest BCUT2D eigenvalue weighted by molar-refractivity contribution is -0.0146. The van der Waals surface area contributed by atoms with E-state index in [1.807, 2.05) is 0 Å². The summed E-state index contributed by atoms with van der Waals surface area (Å²) >= 11 is 4.63. The highest BCUT2D eigenvalue weighted by atomic mass is 32.2. The Balaban J connectivity index is 2.25. The Hall–Kier alpha value is -0.210. The van der Waals surface area contributed by atoms with Crippen molar-refractivity contribution in [3.8, 4) is 0 Å². The zero-order valence-corrected chi connectivity index (χ0v) is 12.3. The molecule has 8 heteroatoms. The molecule has 1 atom stereocenters. The topological polar surface area (TPSA) is 30.5 Å². The lowest BCUT2D eigenvalue weighted by atomic mass is 9.96. The number of halogens is 3. The molecule has 0 heterocycles. The summed E-state index contributed by atoms with van der Waals surface area (Å²) in [5.41, 5.74) is 0. The number of rotatable bonds is 6. The van der Waals surface area contributed by atoms with E-state index in [9.17, 15) is 13.2 Å². The highest BCUT2D eigenvalue weighted by molar-refractivity contribution is 7.95. The van der Waals surface area contributed by atoms with Crippen molar-refractivity contribution in [3.63, 3.8) is 0 Å². The molecule has 1 aliphatic rings. The van der Waals surface area contributed by atoms with Crippen LogP contribution in [-0.2, 0) is 8.92 Å². The van der Waals surface area contributed by atoms with E-state index in [2.05, 4.69) is 9.50 Å². The summed E-state index contributed by atoms with van der Waals surface area (Å²) in [7, 11) is 1.06. The third kappa shape index (κ3) is 6.18. The van der Waals surface area contributed by atoms with Crippen LogP contribution in [0, 0.1) is 0 Å². The van der Waals surface area contributed by atoms with Gasteiger partial charge in [0.25, 0.3) is 5.17 Å². The van der Waals surface area contributed by atoms with Crippen molar-refractivity contribution in [1.82, 2.24) is 5.32 Å². The fourth-order valence-corrected chi connectivity index (χ4v) is 2.49. The van der Waals surface area contributed by atoms with Crippen molar-refractivity contribution >= 4 is 29.4 Å². The first-order valence-corrected chi connectivity index (χ1v) is 7.27. The van der Waals surface area contributed by atoms with E-state index >= 15 is 0 Å². The standard InChI is InChI=1S/C11H18F3NO2S2/c1-16-19-11(13,14)9(12)7-17-10(18)15-8-5-3-2-4-6-8/h8-9H,2-7H2,1H3,(H,15,18). The molecule has 1 rings (SSSR count). The molecule has 19 heavy (non-hydrogen) atoms. The third-order valence-electron chi connectivity index (χ3n) is 2.85. The van der Waals surface area contributed by atoms with Crippen LogP contribution in [0.25, 0.3) is 0 Å². The van der Waals surface area contributed by atoms with E-state index in [0.717, 1.165) is 32.8 Å². The maximum absolute atomic E-state index is 13.2. The van der Waals surface area contributed by atoms with Gasteiger partial charge in [-0.2, -0.15) is 8.78 Å². The number of alkyl halides is 3. The zero-order valence-electron chi connectivity index (χ0n) is 10.7. The van der Waals surface area contributed by atoms with Crippen LogP contribution in [-0.4, -0.2) is 36.4 Å². The fraction of sp³-hybridized carbons (Fsp3) is 0.909. The van der Waals surface area contributed by atoms with Gasteiger partial charge in [0.1, 0.15) is 6.61 Å². The summed E-state index contributed by atoms with van der Waals surface area (Å²) in [6, 6.07) is 0.202. The first-order chi connectivity index (χ1) is 8.95. The van der Waals surface area contributed by atoms with Crippen molar-refractivity contribution in [2.75, 3.05) is 13.7 Å². The van der Waals surface area contributed by atoms with Gasteiger partial charge in [0, 0.05) is 6.04 Å². The molecular formula is C11H18F3NO2S2. The van der Waals surface area contributed by atoms with Gasteiger partial charge >= 0.3 is 5.25 Å². The Morgan fingerprint density at radius 3 is 2.63 bits per heavy atom. The molecule has 1 N–H and O–H groups in total. The highest BCUT2D eigenvalue weighted by Gasteiger charge is 2.42. The van der Waals surface area contributed by atoms with Crippen molar-refractivity contribution in [1.29, 1.82) is 0 Å².